The van der Waals surface area contributed by atoms with Gasteiger partial charge in [0, 0.05) is 10.8 Å². The highest BCUT2D eigenvalue weighted by Crippen LogP contribution is 2.42. The van der Waals surface area contributed by atoms with Crippen LogP contribution in [0, 0.1) is 0 Å². The molecule has 0 heterocycles. The summed E-state index contributed by atoms with van der Waals surface area (Å²) in [5.41, 5.74) is 7.91. The molecular weight excluding hydrogens is 617 g/mol. The zero-order chi connectivity index (χ0) is 38.0. The van der Waals surface area contributed by atoms with Crippen LogP contribution < -0.4 is 0 Å². The minimum Gasteiger partial charge on any atom is -0.508 e. The van der Waals surface area contributed by atoms with Crippen LogP contribution in [0.1, 0.15) is 166 Å². The zero-order valence-corrected chi connectivity index (χ0v) is 33.3. The van der Waals surface area contributed by atoms with E-state index < -0.39 is 0 Å². The third kappa shape index (κ3) is 8.86. The van der Waals surface area contributed by atoms with Crippen molar-refractivity contribution in [2.45, 2.75) is 143 Å². The first-order valence-electron chi connectivity index (χ1n) is 18.3. The molecule has 4 rings (SSSR count). The van der Waals surface area contributed by atoms with Gasteiger partial charge in [-0.05, 0) is 104 Å². The number of phenols is 4. The summed E-state index contributed by atoms with van der Waals surface area (Å²) in [6.45, 7) is 30.0. The largest absolute Gasteiger partial charge is 0.508 e. The van der Waals surface area contributed by atoms with E-state index in [4.69, 9.17) is 0 Å². The lowest BCUT2D eigenvalue weighted by Gasteiger charge is -2.31. The van der Waals surface area contributed by atoms with E-state index in [2.05, 4.69) is 121 Å². The van der Waals surface area contributed by atoms with Gasteiger partial charge in [-0.25, -0.2) is 0 Å². The maximum atomic E-state index is 10.3. The molecular formula is C46H64O4. The Morgan fingerprint density at radius 2 is 0.680 bits per heavy atom. The third-order valence-corrected chi connectivity index (χ3v) is 10.8. The molecule has 2 atom stereocenters. The number of benzene rings is 4. The van der Waals surface area contributed by atoms with Gasteiger partial charge in [0.1, 0.15) is 23.0 Å². The number of aromatic hydroxyl groups is 4. The molecule has 0 saturated heterocycles. The molecule has 4 nitrogen and oxygen atoms in total. The lowest BCUT2D eigenvalue weighted by molar-refractivity contribution is 0.444. The highest BCUT2D eigenvalue weighted by molar-refractivity contribution is 5.51. The van der Waals surface area contributed by atoms with Gasteiger partial charge in [0.15, 0.2) is 0 Å². The van der Waals surface area contributed by atoms with Crippen molar-refractivity contribution in [3.05, 3.63) is 117 Å². The van der Waals surface area contributed by atoms with Crippen LogP contribution in [0.4, 0.5) is 0 Å². The van der Waals surface area contributed by atoms with Gasteiger partial charge in [-0.3, -0.25) is 0 Å². The second-order valence-electron chi connectivity index (χ2n) is 17.4. The zero-order valence-electron chi connectivity index (χ0n) is 33.3. The van der Waals surface area contributed by atoms with E-state index in [-0.39, 0.29) is 21.7 Å². The molecule has 4 N–H and O–H groups in total. The highest BCUT2D eigenvalue weighted by atomic mass is 16.3. The molecule has 0 aliphatic heterocycles. The van der Waals surface area contributed by atoms with Crippen molar-refractivity contribution in [3.63, 3.8) is 0 Å². The van der Waals surface area contributed by atoms with E-state index in [0.29, 0.717) is 34.8 Å². The van der Waals surface area contributed by atoms with E-state index in [1.165, 1.54) is 11.1 Å². The van der Waals surface area contributed by atoms with Crippen molar-refractivity contribution in [2.24, 2.45) is 0 Å². The van der Waals surface area contributed by atoms with Gasteiger partial charge in [0.2, 0.25) is 0 Å². The SMILES string of the molecule is CC(C)(C)c1cc(C(C)(C)c2ccc(O)c(C(C)(C)C)c2)ccc1O.CCC(C)c1cc(C(C)(C)c2ccc(O)c(C(C)CC)c2)ccc1O. The predicted octanol–water partition coefficient (Wildman–Crippen LogP) is 12.5. The number of rotatable bonds is 8. The van der Waals surface area contributed by atoms with Crippen LogP contribution in [-0.2, 0) is 21.7 Å². The Morgan fingerprint density at radius 3 is 0.940 bits per heavy atom. The summed E-state index contributed by atoms with van der Waals surface area (Å²) in [7, 11) is 0. The minimum atomic E-state index is -0.235. The lowest BCUT2D eigenvalue weighted by atomic mass is 9.73. The van der Waals surface area contributed by atoms with Gasteiger partial charge in [-0.1, -0.05) is 145 Å². The molecule has 4 aromatic carbocycles. The van der Waals surface area contributed by atoms with Crippen LogP contribution in [-0.4, -0.2) is 20.4 Å². The minimum absolute atomic E-state index is 0.123. The maximum Gasteiger partial charge on any atom is 0.119 e. The Labute approximate surface area is 303 Å². The van der Waals surface area contributed by atoms with Crippen molar-refractivity contribution in [1.82, 2.24) is 0 Å². The summed E-state index contributed by atoms with van der Waals surface area (Å²) in [5, 5.41) is 41.0. The predicted molar refractivity (Wildman–Crippen MR) is 211 cm³/mol. The summed E-state index contributed by atoms with van der Waals surface area (Å²) in [5.74, 6) is 2.08. The van der Waals surface area contributed by atoms with Crippen molar-refractivity contribution in [1.29, 1.82) is 0 Å². The van der Waals surface area contributed by atoms with Crippen LogP contribution in [0.3, 0.4) is 0 Å². The van der Waals surface area contributed by atoms with Crippen molar-refractivity contribution in [3.8, 4) is 23.0 Å². The number of hydrogen-bond donors (Lipinski definition) is 4. The van der Waals surface area contributed by atoms with Crippen LogP contribution >= 0.6 is 0 Å². The van der Waals surface area contributed by atoms with E-state index in [1.54, 1.807) is 12.1 Å². The van der Waals surface area contributed by atoms with Crippen molar-refractivity contribution < 1.29 is 20.4 Å². The monoisotopic (exact) mass is 680 g/mol. The lowest BCUT2D eigenvalue weighted by Crippen LogP contribution is -2.22. The molecule has 272 valence electrons. The first-order chi connectivity index (χ1) is 23.0. The second kappa shape index (κ2) is 15.1. The van der Waals surface area contributed by atoms with Gasteiger partial charge in [-0.2, -0.15) is 0 Å². The van der Waals surface area contributed by atoms with Crippen LogP contribution in [0.5, 0.6) is 23.0 Å². The smallest absolute Gasteiger partial charge is 0.119 e. The first kappa shape index (κ1) is 40.5. The summed E-state index contributed by atoms with van der Waals surface area (Å²) in [4.78, 5) is 0. The normalized spacial score (nSPS) is 13.7. The summed E-state index contributed by atoms with van der Waals surface area (Å²) < 4.78 is 0. The molecule has 0 fully saturated rings. The molecule has 0 aliphatic carbocycles. The van der Waals surface area contributed by atoms with Gasteiger partial charge in [0.05, 0.1) is 0 Å². The Morgan fingerprint density at radius 1 is 0.420 bits per heavy atom. The van der Waals surface area contributed by atoms with Gasteiger partial charge in [0.25, 0.3) is 0 Å². The highest BCUT2D eigenvalue weighted by Gasteiger charge is 2.29. The van der Waals surface area contributed by atoms with Gasteiger partial charge >= 0.3 is 0 Å². The molecule has 0 aliphatic rings. The molecule has 0 amide bonds. The van der Waals surface area contributed by atoms with Crippen LogP contribution in [0.15, 0.2) is 72.8 Å². The molecule has 2 unspecified atom stereocenters. The first-order valence-corrected chi connectivity index (χ1v) is 18.3. The molecule has 0 saturated carbocycles. The molecule has 0 aromatic heterocycles. The van der Waals surface area contributed by atoms with Crippen LogP contribution in [0.25, 0.3) is 0 Å². The fourth-order valence-corrected chi connectivity index (χ4v) is 6.50. The number of hydrogen-bond acceptors (Lipinski definition) is 4. The Balaban J connectivity index is 0.000000270. The standard InChI is InChI=1S/2C23H32O2/c1-21(2,3)17-13-15(9-11-19(17)24)23(7,8)16-10-12-20(25)18(14-16)22(4,5)6;1-7-15(3)19-13-17(9-11-21(19)24)23(5,6)18-10-12-22(25)20(14-18)16(4)8-2/h9-14,24-25H,1-8H3;9-16,24-25H,7-8H2,1-6H3. The Bertz CT molecular complexity index is 1640. The molecule has 0 radical (unpaired) electrons. The van der Waals surface area contributed by atoms with Crippen molar-refractivity contribution >= 4 is 0 Å². The molecule has 4 heteroatoms. The average molecular weight is 681 g/mol. The van der Waals surface area contributed by atoms with E-state index in [0.717, 1.165) is 46.2 Å². The maximum absolute atomic E-state index is 10.3. The van der Waals surface area contributed by atoms with Crippen LogP contribution in [0.2, 0.25) is 0 Å². The van der Waals surface area contributed by atoms with Crippen molar-refractivity contribution in [2.75, 3.05) is 0 Å². The Hall–Kier alpha value is -3.92. The van der Waals surface area contributed by atoms with Gasteiger partial charge < -0.3 is 20.4 Å². The van der Waals surface area contributed by atoms with E-state index in [1.807, 2.05) is 36.4 Å². The fourth-order valence-electron chi connectivity index (χ4n) is 6.50. The quantitative estimate of drug-likeness (QED) is 0.149. The summed E-state index contributed by atoms with van der Waals surface area (Å²) in [6, 6.07) is 23.7. The third-order valence-electron chi connectivity index (χ3n) is 10.8. The molecule has 0 bridgehead atoms. The fraction of sp³-hybridized carbons (Fsp3) is 0.478. The summed E-state index contributed by atoms with van der Waals surface area (Å²) >= 11 is 0. The van der Waals surface area contributed by atoms with E-state index >= 15 is 0 Å². The molecule has 4 aromatic rings. The average Bonchev–Trinajstić information content (AvgIpc) is 3.03. The molecule has 50 heavy (non-hydrogen) atoms. The molecule has 0 spiro atoms. The van der Waals surface area contributed by atoms with Gasteiger partial charge in [-0.15, -0.1) is 0 Å². The topological polar surface area (TPSA) is 80.9 Å². The summed E-state index contributed by atoms with van der Waals surface area (Å²) in [6.07, 6.45) is 1.99. The Kier molecular flexibility index (Phi) is 12.3. The van der Waals surface area contributed by atoms with E-state index in [9.17, 15) is 20.4 Å². The second-order valence-corrected chi connectivity index (χ2v) is 17.4. The number of phenolic OH excluding ortho intramolecular Hbond substituents is 4.